The Balaban J connectivity index is 2.26. The van der Waals surface area contributed by atoms with Crippen LogP contribution in [0.1, 0.15) is 34.1 Å². The van der Waals surface area contributed by atoms with Crippen molar-refractivity contribution in [1.82, 2.24) is 0 Å². The molecule has 0 heteroatoms. The number of hydrogen-bond donors (Lipinski definition) is 0. The third-order valence-electron chi connectivity index (χ3n) is 4.52. The SMILES string of the molecule is CC1C(C)C2CC1C2(C)C. The predicted molar refractivity (Wildman–Crippen MR) is 43.7 cm³/mol. The van der Waals surface area contributed by atoms with Crippen LogP contribution < -0.4 is 0 Å². The van der Waals surface area contributed by atoms with Gasteiger partial charge in [0.1, 0.15) is 0 Å². The van der Waals surface area contributed by atoms with Crippen LogP contribution in [0.3, 0.4) is 0 Å². The van der Waals surface area contributed by atoms with Gasteiger partial charge >= 0.3 is 0 Å². The van der Waals surface area contributed by atoms with Crippen LogP contribution in [0.2, 0.25) is 0 Å². The standard InChI is InChI=1S/C10H18/c1-6-7(2)9-5-8(6)10(9,3)4/h6-9H,5H2,1-4H3. The molecule has 3 aliphatic carbocycles. The molecule has 0 amide bonds. The van der Waals surface area contributed by atoms with Crippen molar-refractivity contribution in [2.24, 2.45) is 29.1 Å². The van der Waals surface area contributed by atoms with E-state index >= 15 is 0 Å². The minimum Gasteiger partial charge on any atom is -0.0620 e. The first-order valence-corrected chi connectivity index (χ1v) is 4.55. The molecule has 0 saturated heterocycles. The second-order valence-electron chi connectivity index (χ2n) is 4.99. The molecule has 0 heterocycles. The summed E-state index contributed by atoms with van der Waals surface area (Å²) in [5, 5.41) is 0. The maximum absolute atomic E-state index is 2.45. The Morgan fingerprint density at radius 3 is 1.50 bits per heavy atom. The Morgan fingerprint density at radius 1 is 1.00 bits per heavy atom. The molecule has 0 aliphatic heterocycles. The summed E-state index contributed by atoms with van der Waals surface area (Å²) in [7, 11) is 0. The number of fused-ring (bicyclic) bond motifs is 1. The van der Waals surface area contributed by atoms with Gasteiger partial charge in [-0.1, -0.05) is 27.7 Å². The van der Waals surface area contributed by atoms with Gasteiger partial charge < -0.3 is 0 Å². The zero-order chi connectivity index (χ0) is 7.52. The van der Waals surface area contributed by atoms with Gasteiger partial charge in [-0.3, -0.25) is 0 Å². The van der Waals surface area contributed by atoms with Gasteiger partial charge in [0.15, 0.2) is 0 Å². The minimum atomic E-state index is 0.693. The molecule has 4 atom stereocenters. The van der Waals surface area contributed by atoms with Crippen LogP contribution in [0, 0.1) is 29.1 Å². The summed E-state index contributed by atoms with van der Waals surface area (Å²) in [4.78, 5) is 0. The summed E-state index contributed by atoms with van der Waals surface area (Å²) in [6.07, 6.45) is 1.52. The normalized spacial score (nSPS) is 56.4. The molecule has 0 spiro atoms. The van der Waals surface area contributed by atoms with Crippen LogP contribution in [0.25, 0.3) is 0 Å². The summed E-state index contributed by atoms with van der Waals surface area (Å²) in [6, 6.07) is 0. The smallest absolute Gasteiger partial charge is 0.0292 e. The second-order valence-corrected chi connectivity index (χ2v) is 4.99. The van der Waals surface area contributed by atoms with Crippen molar-refractivity contribution in [2.75, 3.05) is 0 Å². The summed E-state index contributed by atoms with van der Waals surface area (Å²) in [5.74, 6) is 4.10. The van der Waals surface area contributed by atoms with E-state index in [9.17, 15) is 0 Å². The van der Waals surface area contributed by atoms with E-state index in [4.69, 9.17) is 0 Å². The Hall–Kier alpha value is 0. The molecule has 0 N–H and O–H groups in total. The zero-order valence-electron chi connectivity index (χ0n) is 7.52. The van der Waals surface area contributed by atoms with E-state index in [1.807, 2.05) is 0 Å². The van der Waals surface area contributed by atoms with Crippen LogP contribution in [0.15, 0.2) is 0 Å². The highest BCUT2D eigenvalue weighted by Gasteiger charge is 2.60. The molecule has 3 rings (SSSR count). The first kappa shape index (κ1) is 6.69. The van der Waals surface area contributed by atoms with Crippen molar-refractivity contribution in [1.29, 1.82) is 0 Å². The average molecular weight is 138 g/mol. The summed E-state index contributed by atoms with van der Waals surface area (Å²) >= 11 is 0. The number of rotatable bonds is 0. The summed E-state index contributed by atoms with van der Waals surface area (Å²) in [5.41, 5.74) is 0.693. The molecule has 0 nitrogen and oxygen atoms in total. The molecule has 0 aromatic heterocycles. The van der Waals surface area contributed by atoms with Gasteiger partial charge in [0.25, 0.3) is 0 Å². The fraction of sp³-hybridized carbons (Fsp3) is 1.00. The zero-order valence-corrected chi connectivity index (χ0v) is 7.52. The summed E-state index contributed by atoms with van der Waals surface area (Å²) in [6.45, 7) is 9.77. The highest BCUT2D eigenvalue weighted by molar-refractivity contribution is 5.08. The van der Waals surface area contributed by atoms with Crippen molar-refractivity contribution in [2.45, 2.75) is 34.1 Å². The van der Waals surface area contributed by atoms with Gasteiger partial charge in [-0.05, 0) is 35.5 Å². The van der Waals surface area contributed by atoms with E-state index in [2.05, 4.69) is 27.7 Å². The van der Waals surface area contributed by atoms with Crippen LogP contribution in [-0.2, 0) is 0 Å². The lowest BCUT2D eigenvalue weighted by Crippen LogP contribution is -2.38. The van der Waals surface area contributed by atoms with Gasteiger partial charge in [-0.2, -0.15) is 0 Å². The minimum absolute atomic E-state index is 0.693. The van der Waals surface area contributed by atoms with Crippen molar-refractivity contribution in [3.05, 3.63) is 0 Å². The quantitative estimate of drug-likeness (QED) is 0.483. The molecule has 3 saturated carbocycles. The Kier molecular flexibility index (Phi) is 1.07. The van der Waals surface area contributed by atoms with Gasteiger partial charge in [0.05, 0.1) is 0 Å². The van der Waals surface area contributed by atoms with Crippen LogP contribution in [0.4, 0.5) is 0 Å². The van der Waals surface area contributed by atoms with E-state index < -0.39 is 0 Å². The highest BCUT2D eigenvalue weighted by Crippen LogP contribution is 2.66. The fourth-order valence-electron chi connectivity index (χ4n) is 3.51. The molecule has 0 radical (unpaired) electrons. The highest BCUT2D eigenvalue weighted by atomic mass is 14.6. The maximum Gasteiger partial charge on any atom is -0.0292 e. The van der Waals surface area contributed by atoms with Crippen molar-refractivity contribution in [3.63, 3.8) is 0 Å². The van der Waals surface area contributed by atoms with Gasteiger partial charge in [0.2, 0.25) is 0 Å². The lowest BCUT2D eigenvalue weighted by atomic mass is 9.59. The molecule has 10 heavy (non-hydrogen) atoms. The second kappa shape index (κ2) is 1.60. The van der Waals surface area contributed by atoms with Crippen molar-refractivity contribution < 1.29 is 0 Å². The largest absolute Gasteiger partial charge is 0.0620 e. The first-order chi connectivity index (χ1) is 4.55. The van der Waals surface area contributed by atoms with Crippen LogP contribution in [0.5, 0.6) is 0 Å². The Morgan fingerprint density at radius 2 is 1.40 bits per heavy atom. The molecule has 0 aromatic carbocycles. The van der Waals surface area contributed by atoms with Crippen LogP contribution in [-0.4, -0.2) is 0 Å². The van der Waals surface area contributed by atoms with Crippen molar-refractivity contribution in [3.8, 4) is 0 Å². The molecule has 0 aromatic rings. The maximum atomic E-state index is 2.45. The fourth-order valence-corrected chi connectivity index (χ4v) is 3.51. The first-order valence-electron chi connectivity index (χ1n) is 4.55. The number of hydrogen-bond acceptors (Lipinski definition) is 0. The lowest BCUT2D eigenvalue weighted by Gasteiger charge is -2.45. The topological polar surface area (TPSA) is 0 Å². The monoisotopic (exact) mass is 138 g/mol. The predicted octanol–water partition coefficient (Wildman–Crippen LogP) is 2.93. The van der Waals surface area contributed by atoms with E-state index in [0.717, 1.165) is 23.7 Å². The molecule has 58 valence electrons. The molecular weight excluding hydrogens is 120 g/mol. The van der Waals surface area contributed by atoms with E-state index in [-0.39, 0.29) is 0 Å². The Bertz CT molecular complexity index is 141. The van der Waals surface area contributed by atoms with E-state index in [1.54, 1.807) is 0 Å². The lowest BCUT2D eigenvalue weighted by molar-refractivity contribution is 0.0340. The van der Waals surface area contributed by atoms with Gasteiger partial charge in [0, 0.05) is 0 Å². The van der Waals surface area contributed by atoms with Gasteiger partial charge in [-0.15, -0.1) is 0 Å². The van der Waals surface area contributed by atoms with Gasteiger partial charge in [-0.25, -0.2) is 0 Å². The third kappa shape index (κ3) is 0.500. The van der Waals surface area contributed by atoms with Crippen LogP contribution >= 0.6 is 0 Å². The van der Waals surface area contributed by atoms with Crippen molar-refractivity contribution >= 4 is 0 Å². The molecule has 2 bridgehead atoms. The molecule has 3 aliphatic rings. The molecule has 3 fully saturated rings. The molecular formula is C10H18. The molecule has 4 unspecified atom stereocenters. The van der Waals surface area contributed by atoms with E-state index in [0.29, 0.717) is 5.41 Å². The van der Waals surface area contributed by atoms with E-state index in [1.165, 1.54) is 6.42 Å². The summed E-state index contributed by atoms with van der Waals surface area (Å²) < 4.78 is 0. The third-order valence-corrected chi connectivity index (χ3v) is 4.52. The Labute approximate surface area is 64.0 Å². The average Bonchev–Trinajstić information content (AvgIpc) is 2.18.